The second-order valence-corrected chi connectivity index (χ2v) is 4.37. The van der Waals surface area contributed by atoms with Crippen LogP contribution in [-0.4, -0.2) is 37.8 Å². The van der Waals surface area contributed by atoms with Gasteiger partial charge in [-0.25, -0.2) is 0 Å². The first-order chi connectivity index (χ1) is 8.35. The number of hydrogen-bond donors (Lipinski definition) is 1. The molecule has 17 heavy (non-hydrogen) atoms. The second-order valence-electron chi connectivity index (χ2n) is 4.37. The summed E-state index contributed by atoms with van der Waals surface area (Å²) in [5.41, 5.74) is 2.35. The molecule has 1 aliphatic rings. The molecule has 2 rings (SSSR count). The van der Waals surface area contributed by atoms with Crippen LogP contribution in [0.3, 0.4) is 0 Å². The largest absolute Gasteiger partial charge is 0.377 e. The fourth-order valence-electron chi connectivity index (χ4n) is 2.25. The van der Waals surface area contributed by atoms with E-state index in [1.807, 2.05) is 13.2 Å². The van der Waals surface area contributed by atoms with Crippen LogP contribution in [0.5, 0.6) is 0 Å². The average Bonchev–Trinajstić information content (AvgIpc) is 2.39. The van der Waals surface area contributed by atoms with E-state index in [1.54, 1.807) is 0 Å². The van der Waals surface area contributed by atoms with E-state index < -0.39 is 0 Å². The Bertz CT molecular complexity index is 356. The third-order valence-electron chi connectivity index (χ3n) is 3.19. The van der Waals surface area contributed by atoms with Crippen LogP contribution in [0.4, 0.5) is 5.69 Å². The van der Waals surface area contributed by atoms with Crippen molar-refractivity contribution in [1.29, 1.82) is 0 Å². The Kier molecular flexibility index (Phi) is 4.34. The van der Waals surface area contributed by atoms with Gasteiger partial charge in [0.1, 0.15) is 0 Å². The molecule has 0 saturated carbocycles. The molecule has 4 nitrogen and oxygen atoms in total. The predicted molar refractivity (Wildman–Crippen MR) is 69.2 cm³/mol. The first-order valence-corrected chi connectivity index (χ1v) is 6.29. The van der Waals surface area contributed by atoms with Crippen LogP contribution >= 0.6 is 0 Å². The molecule has 1 aromatic heterocycles. The number of nitrogens with one attached hydrogen (secondary N) is 1. The number of morpholine rings is 1. The van der Waals surface area contributed by atoms with Crippen LogP contribution in [0.1, 0.15) is 19.0 Å². The SMILES string of the molecule is CCC1COCCN1c1ccnc(CNC)c1. The quantitative estimate of drug-likeness (QED) is 0.856. The summed E-state index contributed by atoms with van der Waals surface area (Å²) in [6, 6.07) is 4.76. The fourth-order valence-corrected chi connectivity index (χ4v) is 2.25. The molecule has 0 amide bonds. The van der Waals surface area contributed by atoms with E-state index in [2.05, 4.69) is 34.3 Å². The molecular formula is C13H21N3O. The highest BCUT2D eigenvalue weighted by Crippen LogP contribution is 2.21. The number of rotatable bonds is 4. The van der Waals surface area contributed by atoms with E-state index in [0.717, 1.165) is 38.4 Å². The smallest absolute Gasteiger partial charge is 0.0670 e. The van der Waals surface area contributed by atoms with Crippen molar-refractivity contribution in [1.82, 2.24) is 10.3 Å². The van der Waals surface area contributed by atoms with Crippen molar-refractivity contribution in [2.75, 3.05) is 31.7 Å². The molecule has 4 heteroatoms. The lowest BCUT2D eigenvalue weighted by molar-refractivity contribution is 0.0930. The first-order valence-electron chi connectivity index (χ1n) is 6.29. The normalized spacial score (nSPS) is 20.6. The molecular weight excluding hydrogens is 214 g/mol. The van der Waals surface area contributed by atoms with Crippen LogP contribution in [0.2, 0.25) is 0 Å². The van der Waals surface area contributed by atoms with Gasteiger partial charge in [-0.3, -0.25) is 4.98 Å². The van der Waals surface area contributed by atoms with Crippen LogP contribution in [0.15, 0.2) is 18.3 Å². The predicted octanol–water partition coefficient (Wildman–Crippen LogP) is 1.42. The van der Waals surface area contributed by atoms with Crippen LogP contribution in [-0.2, 0) is 11.3 Å². The van der Waals surface area contributed by atoms with Gasteiger partial charge in [-0.2, -0.15) is 0 Å². The van der Waals surface area contributed by atoms with Crippen molar-refractivity contribution >= 4 is 5.69 Å². The molecule has 0 spiro atoms. The Morgan fingerprint density at radius 3 is 3.24 bits per heavy atom. The number of anilines is 1. The van der Waals surface area contributed by atoms with E-state index in [9.17, 15) is 0 Å². The number of pyridine rings is 1. The maximum atomic E-state index is 5.53. The van der Waals surface area contributed by atoms with Gasteiger partial charge in [0.25, 0.3) is 0 Å². The summed E-state index contributed by atoms with van der Waals surface area (Å²) in [6.45, 7) is 5.65. The first kappa shape index (κ1) is 12.3. The third kappa shape index (κ3) is 2.96. The van der Waals surface area contributed by atoms with Gasteiger partial charge in [0.2, 0.25) is 0 Å². The third-order valence-corrected chi connectivity index (χ3v) is 3.19. The van der Waals surface area contributed by atoms with Crippen LogP contribution in [0, 0.1) is 0 Å². The van der Waals surface area contributed by atoms with Gasteiger partial charge in [0.05, 0.1) is 24.9 Å². The van der Waals surface area contributed by atoms with E-state index >= 15 is 0 Å². The molecule has 94 valence electrons. The zero-order valence-electron chi connectivity index (χ0n) is 10.6. The van der Waals surface area contributed by atoms with Crippen molar-refractivity contribution in [3.8, 4) is 0 Å². The summed E-state index contributed by atoms with van der Waals surface area (Å²) < 4.78 is 5.53. The van der Waals surface area contributed by atoms with Gasteiger partial charge >= 0.3 is 0 Å². The standard InChI is InChI=1S/C13H21N3O/c1-3-12-10-17-7-6-16(12)13-4-5-15-11(8-13)9-14-2/h4-5,8,12,14H,3,6-7,9-10H2,1-2H3. The topological polar surface area (TPSA) is 37.4 Å². The highest BCUT2D eigenvalue weighted by atomic mass is 16.5. The maximum absolute atomic E-state index is 5.53. The Labute approximate surface area is 103 Å². The summed E-state index contributed by atoms with van der Waals surface area (Å²) >= 11 is 0. The Hall–Kier alpha value is -1.13. The van der Waals surface area contributed by atoms with Crippen LogP contribution < -0.4 is 10.2 Å². The van der Waals surface area contributed by atoms with Gasteiger partial charge in [0.15, 0.2) is 0 Å². The lowest BCUT2D eigenvalue weighted by Gasteiger charge is -2.37. The number of ether oxygens (including phenoxy) is 1. The molecule has 1 fully saturated rings. The summed E-state index contributed by atoms with van der Waals surface area (Å²) in [5.74, 6) is 0. The fraction of sp³-hybridized carbons (Fsp3) is 0.615. The van der Waals surface area contributed by atoms with Crippen molar-refractivity contribution in [3.05, 3.63) is 24.0 Å². The molecule has 0 aromatic carbocycles. The molecule has 1 unspecified atom stereocenters. The zero-order chi connectivity index (χ0) is 12.1. The zero-order valence-corrected chi connectivity index (χ0v) is 10.6. The van der Waals surface area contributed by atoms with Gasteiger partial charge in [0, 0.05) is 25.0 Å². The number of hydrogen-bond acceptors (Lipinski definition) is 4. The Morgan fingerprint density at radius 2 is 2.47 bits per heavy atom. The monoisotopic (exact) mass is 235 g/mol. The van der Waals surface area contributed by atoms with Gasteiger partial charge < -0.3 is 15.0 Å². The molecule has 2 heterocycles. The molecule has 1 N–H and O–H groups in total. The minimum Gasteiger partial charge on any atom is -0.377 e. The van der Waals surface area contributed by atoms with Gasteiger partial charge in [-0.05, 0) is 25.6 Å². The second kappa shape index (κ2) is 5.98. The summed E-state index contributed by atoms with van der Waals surface area (Å²) in [6.07, 6.45) is 3.01. The minimum absolute atomic E-state index is 0.494. The van der Waals surface area contributed by atoms with Crippen LogP contribution in [0.25, 0.3) is 0 Å². The Morgan fingerprint density at radius 1 is 1.59 bits per heavy atom. The van der Waals surface area contributed by atoms with Crippen molar-refractivity contribution in [2.24, 2.45) is 0 Å². The van der Waals surface area contributed by atoms with Gasteiger partial charge in [-0.1, -0.05) is 6.92 Å². The van der Waals surface area contributed by atoms with Crippen molar-refractivity contribution in [2.45, 2.75) is 25.9 Å². The highest BCUT2D eigenvalue weighted by Gasteiger charge is 2.21. The minimum atomic E-state index is 0.494. The number of aromatic nitrogens is 1. The van der Waals surface area contributed by atoms with Gasteiger partial charge in [-0.15, -0.1) is 0 Å². The summed E-state index contributed by atoms with van der Waals surface area (Å²) in [7, 11) is 1.94. The van der Waals surface area contributed by atoms with Crippen molar-refractivity contribution < 1.29 is 4.74 Å². The van der Waals surface area contributed by atoms with Crippen molar-refractivity contribution in [3.63, 3.8) is 0 Å². The average molecular weight is 235 g/mol. The van der Waals surface area contributed by atoms with E-state index in [-0.39, 0.29) is 0 Å². The molecule has 1 aliphatic heterocycles. The Balaban J connectivity index is 2.16. The molecule has 0 bridgehead atoms. The maximum Gasteiger partial charge on any atom is 0.0670 e. The molecule has 0 radical (unpaired) electrons. The van der Waals surface area contributed by atoms with E-state index in [0.29, 0.717) is 6.04 Å². The molecule has 1 aromatic rings. The summed E-state index contributed by atoms with van der Waals surface area (Å²) in [5, 5.41) is 3.13. The number of nitrogens with zero attached hydrogens (tertiary/aromatic N) is 2. The summed E-state index contributed by atoms with van der Waals surface area (Å²) in [4.78, 5) is 6.79. The highest BCUT2D eigenvalue weighted by molar-refractivity contribution is 5.48. The molecule has 0 aliphatic carbocycles. The molecule has 1 saturated heterocycles. The van der Waals surface area contributed by atoms with E-state index in [4.69, 9.17) is 4.74 Å². The molecule has 1 atom stereocenters. The lowest BCUT2D eigenvalue weighted by atomic mass is 10.1. The lowest BCUT2D eigenvalue weighted by Crippen LogP contribution is -2.45. The van der Waals surface area contributed by atoms with E-state index in [1.165, 1.54) is 5.69 Å².